The third-order valence-electron chi connectivity index (χ3n) is 2.71. The Labute approximate surface area is 136 Å². The number of anilines is 1. The number of carboxylic acids is 1. The molecule has 0 saturated carbocycles. The minimum Gasteiger partial charge on any atom is -0.478 e. The summed E-state index contributed by atoms with van der Waals surface area (Å²) < 4.78 is 27.8. The van der Waals surface area contributed by atoms with E-state index in [2.05, 4.69) is 20.7 Å². The highest BCUT2D eigenvalue weighted by atomic mass is 79.9. The van der Waals surface area contributed by atoms with Gasteiger partial charge in [0.25, 0.3) is 10.0 Å². The molecule has 2 rings (SSSR count). The molecule has 0 aromatic heterocycles. The summed E-state index contributed by atoms with van der Waals surface area (Å²) in [6, 6.07) is 12.7. The maximum absolute atomic E-state index is 12.2. The van der Waals surface area contributed by atoms with Gasteiger partial charge in [-0.05, 0) is 48.0 Å². The molecule has 2 aromatic carbocycles. The number of nitrogens with one attached hydrogen (secondary N) is 1. The molecule has 0 saturated heterocycles. The van der Waals surface area contributed by atoms with Gasteiger partial charge in [0.2, 0.25) is 0 Å². The Kier molecular flexibility index (Phi) is 4.99. The van der Waals surface area contributed by atoms with Gasteiger partial charge >= 0.3 is 5.97 Å². The Morgan fingerprint density at radius 2 is 1.64 bits per heavy atom. The van der Waals surface area contributed by atoms with Crippen molar-refractivity contribution in [2.24, 2.45) is 0 Å². The summed E-state index contributed by atoms with van der Waals surface area (Å²) in [7, 11) is -3.68. The number of hydrogen-bond acceptors (Lipinski definition) is 3. The van der Waals surface area contributed by atoms with Crippen LogP contribution in [0.2, 0.25) is 0 Å². The first-order chi connectivity index (χ1) is 10.4. The lowest BCUT2D eigenvalue weighted by Gasteiger charge is -2.08. The Bertz CT molecular complexity index is 796. The quantitative estimate of drug-likeness (QED) is 0.777. The zero-order valence-corrected chi connectivity index (χ0v) is 13.6. The molecule has 22 heavy (non-hydrogen) atoms. The normalized spacial score (nSPS) is 11.5. The number of benzene rings is 2. The molecular formula is C15H12BrNO4S. The van der Waals surface area contributed by atoms with Crippen LogP contribution >= 0.6 is 15.9 Å². The van der Waals surface area contributed by atoms with Crippen LogP contribution in [0, 0.1) is 0 Å². The lowest BCUT2D eigenvalue weighted by molar-refractivity contribution is -0.131. The molecule has 0 aliphatic rings. The summed E-state index contributed by atoms with van der Waals surface area (Å²) in [4.78, 5) is 10.5. The molecule has 0 radical (unpaired) electrons. The number of aliphatic carboxylic acids is 1. The molecular weight excluding hydrogens is 370 g/mol. The second kappa shape index (κ2) is 6.76. The summed E-state index contributed by atoms with van der Waals surface area (Å²) in [5.41, 5.74) is 1.06. The molecule has 0 aliphatic carbocycles. The van der Waals surface area contributed by atoms with Crippen LogP contribution in [0.1, 0.15) is 5.56 Å². The van der Waals surface area contributed by atoms with Gasteiger partial charge in [-0.1, -0.05) is 28.1 Å². The molecule has 0 heterocycles. The van der Waals surface area contributed by atoms with Gasteiger partial charge in [-0.15, -0.1) is 0 Å². The zero-order valence-electron chi connectivity index (χ0n) is 11.2. The third-order valence-corrected chi connectivity index (χ3v) is 4.63. The fourth-order valence-corrected chi connectivity index (χ4v) is 2.98. The van der Waals surface area contributed by atoms with E-state index in [-0.39, 0.29) is 4.90 Å². The van der Waals surface area contributed by atoms with Crippen LogP contribution in [-0.2, 0) is 14.8 Å². The fraction of sp³-hybridized carbons (Fsp3) is 0. The number of sulfonamides is 1. The molecule has 0 unspecified atom stereocenters. The minimum absolute atomic E-state index is 0.0999. The topological polar surface area (TPSA) is 83.5 Å². The highest BCUT2D eigenvalue weighted by molar-refractivity contribution is 9.10. The van der Waals surface area contributed by atoms with E-state index in [1.165, 1.54) is 30.3 Å². The van der Waals surface area contributed by atoms with E-state index in [9.17, 15) is 13.2 Å². The van der Waals surface area contributed by atoms with Gasteiger partial charge in [-0.25, -0.2) is 13.2 Å². The Morgan fingerprint density at radius 3 is 2.18 bits per heavy atom. The van der Waals surface area contributed by atoms with Crippen LogP contribution in [0.25, 0.3) is 6.08 Å². The lowest BCUT2D eigenvalue weighted by Crippen LogP contribution is -2.12. The Balaban J connectivity index is 2.19. The SMILES string of the molecule is O=C(O)/C=C/c1ccc(S(=O)(=O)Nc2ccc(Br)cc2)cc1. The summed E-state index contributed by atoms with van der Waals surface area (Å²) in [6.07, 6.45) is 2.38. The average molecular weight is 382 g/mol. The van der Waals surface area contributed by atoms with Crippen LogP contribution in [0.15, 0.2) is 64.0 Å². The van der Waals surface area contributed by atoms with Crippen LogP contribution in [-0.4, -0.2) is 19.5 Å². The average Bonchev–Trinajstić information content (AvgIpc) is 2.48. The van der Waals surface area contributed by atoms with Gasteiger partial charge < -0.3 is 5.11 Å². The number of carbonyl (C=O) groups is 1. The fourth-order valence-electron chi connectivity index (χ4n) is 1.66. The monoisotopic (exact) mass is 381 g/mol. The zero-order chi connectivity index (χ0) is 16.2. The second-order valence-corrected chi connectivity index (χ2v) is 6.95. The van der Waals surface area contributed by atoms with E-state index in [4.69, 9.17) is 5.11 Å². The predicted molar refractivity (Wildman–Crippen MR) is 88.1 cm³/mol. The molecule has 0 aliphatic heterocycles. The van der Waals surface area contributed by atoms with Crippen molar-refractivity contribution in [2.45, 2.75) is 4.90 Å². The molecule has 0 spiro atoms. The van der Waals surface area contributed by atoms with Gasteiger partial charge in [-0.2, -0.15) is 0 Å². The number of hydrogen-bond donors (Lipinski definition) is 2. The van der Waals surface area contributed by atoms with Crippen molar-refractivity contribution in [3.63, 3.8) is 0 Å². The highest BCUT2D eigenvalue weighted by Crippen LogP contribution is 2.19. The molecule has 0 atom stereocenters. The van der Waals surface area contributed by atoms with E-state index in [0.717, 1.165) is 10.5 Å². The number of halogens is 1. The van der Waals surface area contributed by atoms with Crippen LogP contribution in [0.4, 0.5) is 5.69 Å². The van der Waals surface area contributed by atoms with Gasteiger partial charge in [0.15, 0.2) is 0 Å². The standard InChI is InChI=1S/C15H12BrNO4S/c16-12-4-6-13(7-5-12)17-22(20,21)14-8-1-11(2-9-14)3-10-15(18)19/h1-10,17H,(H,18,19)/b10-3+. The van der Waals surface area contributed by atoms with E-state index in [0.29, 0.717) is 11.3 Å². The first-order valence-electron chi connectivity index (χ1n) is 6.16. The van der Waals surface area contributed by atoms with Crippen molar-refractivity contribution in [1.82, 2.24) is 0 Å². The minimum atomic E-state index is -3.68. The molecule has 7 heteroatoms. The van der Waals surface area contributed by atoms with Crippen LogP contribution in [0.3, 0.4) is 0 Å². The molecule has 2 N–H and O–H groups in total. The van der Waals surface area contributed by atoms with E-state index < -0.39 is 16.0 Å². The molecule has 114 valence electrons. The van der Waals surface area contributed by atoms with E-state index >= 15 is 0 Å². The molecule has 5 nitrogen and oxygen atoms in total. The number of rotatable bonds is 5. The smallest absolute Gasteiger partial charge is 0.328 e. The first-order valence-corrected chi connectivity index (χ1v) is 8.44. The molecule has 0 amide bonds. The summed E-state index contributed by atoms with van der Waals surface area (Å²) in [5, 5.41) is 8.55. The highest BCUT2D eigenvalue weighted by Gasteiger charge is 2.13. The van der Waals surface area contributed by atoms with Gasteiger partial charge in [0.1, 0.15) is 0 Å². The molecule has 0 bridgehead atoms. The van der Waals surface area contributed by atoms with Crippen LogP contribution in [0.5, 0.6) is 0 Å². The molecule has 0 fully saturated rings. The lowest BCUT2D eigenvalue weighted by atomic mass is 10.2. The van der Waals surface area contributed by atoms with Crippen molar-refractivity contribution < 1.29 is 18.3 Å². The largest absolute Gasteiger partial charge is 0.478 e. The maximum Gasteiger partial charge on any atom is 0.328 e. The summed E-state index contributed by atoms with van der Waals surface area (Å²) >= 11 is 3.28. The van der Waals surface area contributed by atoms with Crippen molar-refractivity contribution >= 4 is 43.7 Å². The first kappa shape index (κ1) is 16.3. The third kappa shape index (κ3) is 4.44. The van der Waals surface area contributed by atoms with Gasteiger partial charge in [0.05, 0.1) is 4.90 Å². The van der Waals surface area contributed by atoms with Crippen molar-refractivity contribution in [3.8, 4) is 0 Å². The van der Waals surface area contributed by atoms with Gasteiger partial charge in [-0.3, -0.25) is 4.72 Å². The predicted octanol–water partition coefficient (Wildman–Crippen LogP) is 3.35. The Hall–Kier alpha value is -2.12. The summed E-state index contributed by atoms with van der Waals surface area (Å²) in [5.74, 6) is -1.06. The summed E-state index contributed by atoms with van der Waals surface area (Å²) in [6.45, 7) is 0. The maximum atomic E-state index is 12.2. The van der Waals surface area contributed by atoms with Crippen molar-refractivity contribution in [3.05, 3.63) is 64.6 Å². The number of carboxylic acid groups (broad SMARTS) is 1. The van der Waals surface area contributed by atoms with Gasteiger partial charge in [0, 0.05) is 16.2 Å². The second-order valence-electron chi connectivity index (χ2n) is 4.35. The van der Waals surface area contributed by atoms with Crippen LogP contribution < -0.4 is 4.72 Å². The molecule has 2 aromatic rings. The van der Waals surface area contributed by atoms with Crippen molar-refractivity contribution in [1.29, 1.82) is 0 Å². The van der Waals surface area contributed by atoms with E-state index in [1.54, 1.807) is 24.3 Å². The Morgan fingerprint density at radius 1 is 1.05 bits per heavy atom. The van der Waals surface area contributed by atoms with E-state index in [1.807, 2.05) is 0 Å². The van der Waals surface area contributed by atoms with Crippen molar-refractivity contribution in [2.75, 3.05) is 4.72 Å².